The highest BCUT2D eigenvalue weighted by Crippen LogP contribution is 2.24. The van der Waals surface area contributed by atoms with Crippen LogP contribution in [0, 0.1) is 0 Å². The lowest BCUT2D eigenvalue weighted by Crippen LogP contribution is -2.55. The van der Waals surface area contributed by atoms with E-state index in [9.17, 15) is 8.42 Å². The molecule has 1 aliphatic rings. The van der Waals surface area contributed by atoms with Gasteiger partial charge in [-0.3, -0.25) is 0 Å². The first-order valence-corrected chi connectivity index (χ1v) is 5.51. The topological polar surface area (TPSA) is 52.6 Å². The lowest BCUT2D eigenvalue weighted by atomic mass is 10.1. The third-order valence-corrected chi connectivity index (χ3v) is 2.80. The number of rotatable bonds is 3. The first kappa shape index (κ1) is 9.25. The fourth-order valence-electron chi connectivity index (χ4n) is 0.904. The van der Waals surface area contributed by atoms with Gasteiger partial charge in [0.25, 0.3) is 0 Å². The van der Waals surface area contributed by atoms with Gasteiger partial charge in [0.2, 0.25) is 9.05 Å². The summed E-state index contributed by atoms with van der Waals surface area (Å²) < 4.78 is 31.0. The molecule has 0 unspecified atom stereocenters. The van der Waals surface area contributed by atoms with Crippen LogP contribution >= 0.6 is 10.7 Å². The first-order chi connectivity index (χ1) is 4.97. The van der Waals surface area contributed by atoms with Gasteiger partial charge in [0, 0.05) is 17.8 Å². The van der Waals surface area contributed by atoms with Crippen molar-refractivity contribution in [2.75, 3.05) is 26.1 Å². The lowest BCUT2D eigenvalue weighted by molar-refractivity contribution is -0.181. The van der Waals surface area contributed by atoms with Gasteiger partial charge in [-0.1, -0.05) is 0 Å². The van der Waals surface area contributed by atoms with E-state index in [0.717, 1.165) is 0 Å². The first-order valence-electron chi connectivity index (χ1n) is 3.03. The highest BCUT2D eigenvalue weighted by molar-refractivity contribution is 8.13. The van der Waals surface area contributed by atoms with Crippen molar-refractivity contribution in [3.05, 3.63) is 0 Å². The van der Waals surface area contributed by atoms with Crippen molar-refractivity contribution in [3.63, 3.8) is 0 Å². The number of ether oxygens (including phenoxy) is 2. The van der Waals surface area contributed by atoms with Gasteiger partial charge < -0.3 is 9.47 Å². The largest absolute Gasteiger partial charge is 0.375 e. The summed E-state index contributed by atoms with van der Waals surface area (Å²) in [5.41, 5.74) is -0.694. The van der Waals surface area contributed by atoms with Gasteiger partial charge in [-0.15, -0.1) is 0 Å². The summed E-state index contributed by atoms with van der Waals surface area (Å²) in [6, 6.07) is 0. The zero-order valence-corrected chi connectivity index (χ0v) is 7.61. The van der Waals surface area contributed by atoms with Crippen LogP contribution in [0.3, 0.4) is 0 Å². The van der Waals surface area contributed by atoms with Gasteiger partial charge in [-0.25, -0.2) is 8.42 Å². The molecule has 1 fully saturated rings. The quantitative estimate of drug-likeness (QED) is 0.601. The normalized spacial score (nSPS) is 22.7. The molecular weight excluding hydrogens is 192 g/mol. The Kier molecular flexibility index (Phi) is 2.43. The standard InChI is InChI=1S/C5H9ClO4S/c1-9-5(2-10-3-5)4-11(6,7)8/h2-4H2,1H3. The van der Waals surface area contributed by atoms with E-state index in [0.29, 0.717) is 13.2 Å². The SMILES string of the molecule is COC1(CS(=O)(=O)Cl)COC1. The molecule has 1 rings (SSSR count). The van der Waals surface area contributed by atoms with E-state index in [1.807, 2.05) is 0 Å². The Morgan fingerprint density at radius 2 is 2.18 bits per heavy atom. The van der Waals surface area contributed by atoms with Crippen molar-refractivity contribution in [3.8, 4) is 0 Å². The Balaban J connectivity index is 2.59. The second kappa shape index (κ2) is 2.90. The van der Waals surface area contributed by atoms with Gasteiger partial charge >= 0.3 is 0 Å². The molecule has 0 aromatic carbocycles. The molecular formula is C5H9ClO4S. The van der Waals surface area contributed by atoms with E-state index in [4.69, 9.17) is 20.2 Å². The Labute approximate surface area is 69.9 Å². The molecule has 0 amide bonds. The number of hydrogen-bond acceptors (Lipinski definition) is 4. The van der Waals surface area contributed by atoms with Crippen molar-refractivity contribution >= 4 is 19.7 Å². The average molecular weight is 201 g/mol. The molecule has 0 radical (unpaired) electrons. The zero-order chi connectivity index (χ0) is 8.54. The van der Waals surface area contributed by atoms with E-state index in [1.165, 1.54) is 7.11 Å². The Bertz CT molecular complexity index is 225. The van der Waals surface area contributed by atoms with E-state index < -0.39 is 14.7 Å². The smallest absolute Gasteiger partial charge is 0.235 e. The van der Waals surface area contributed by atoms with Crippen LogP contribution in [0.5, 0.6) is 0 Å². The van der Waals surface area contributed by atoms with Crippen molar-refractivity contribution in [2.45, 2.75) is 5.60 Å². The minimum absolute atomic E-state index is 0.182. The fourth-order valence-corrected chi connectivity index (χ4v) is 2.41. The third-order valence-electron chi connectivity index (χ3n) is 1.60. The van der Waals surface area contributed by atoms with Gasteiger partial charge in [0.05, 0.1) is 19.0 Å². The van der Waals surface area contributed by atoms with Gasteiger partial charge in [-0.2, -0.15) is 0 Å². The molecule has 1 heterocycles. The van der Waals surface area contributed by atoms with Crippen LogP contribution in [0.15, 0.2) is 0 Å². The fraction of sp³-hybridized carbons (Fsp3) is 1.00. The van der Waals surface area contributed by atoms with Gasteiger partial charge in [0.15, 0.2) is 0 Å². The van der Waals surface area contributed by atoms with Crippen LogP contribution in [-0.4, -0.2) is 40.1 Å². The van der Waals surface area contributed by atoms with E-state index in [-0.39, 0.29) is 5.75 Å². The van der Waals surface area contributed by atoms with Crippen molar-refractivity contribution in [1.29, 1.82) is 0 Å². The highest BCUT2D eigenvalue weighted by atomic mass is 35.7. The Hall–Kier alpha value is 0.160. The second-order valence-electron chi connectivity index (χ2n) is 2.56. The summed E-state index contributed by atoms with van der Waals surface area (Å²) in [5.74, 6) is -0.182. The van der Waals surface area contributed by atoms with Crippen molar-refractivity contribution < 1.29 is 17.9 Å². The summed E-state index contributed by atoms with van der Waals surface area (Å²) in [7, 11) is 3.01. The van der Waals surface area contributed by atoms with Gasteiger partial charge in [0.1, 0.15) is 5.60 Å². The number of halogens is 1. The second-order valence-corrected chi connectivity index (χ2v) is 5.34. The molecule has 0 aromatic heterocycles. The third kappa shape index (κ3) is 2.30. The molecule has 0 aromatic rings. The van der Waals surface area contributed by atoms with Crippen molar-refractivity contribution in [2.24, 2.45) is 0 Å². The Morgan fingerprint density at radius 1 is 1.64 bits per heavy atom. The molecule has 6 heteroatoms. The predicted octanol–water partition coefficient (Wildman–Crippen LogP) is -0.0296. The average Bonchev–Trinajstić information content (AvgIpc) is 1.77. The maximum Gasteiger partial charge on any atom is 0.235 e. The monoisotopic (exact) mass is 200 g/mol. The summed E-state index contributed by atoms with van der Waals surface area (Å²) >= 11 is 0. The molecule has 1 saturated heterocycles. The lowest BCUT2D eigenvalue weighted by Gasteiger charge is -2.38. The summed E-state index contributed by atoms with van der Waals surface area (Å²) in [6.45, 7) is 0.602. The molecule has 0 aliphatic carbocycles. The van der Waals surface area contributed by atoms with E-state index in [1.54, 1.807) is 0 Å². The van der Waals surface area contributed by atoms with Crippen LogP contribution in [0.25, 0.3) is 0 Å². The maximum atomic E-state index is 10.6. The molecule has 11 heavy (non-hydrogen) atoms. The highest BCUT2D eigenvalue weighted by Gasteiger charge is 2.42. The number of methoxy groups -OCH3 is 1. The molecule has 0 spiro atoms. The summed E-state index contributed by atoms with van der Waals surface area (Å²) in [6.07, 6.45) is 0. The van der Waals surface area contributed by atoms with Crippen LogP contribution in [0.2, 0.25) is 0 Å². The minimum Gasteiger partial charge on any atom is -0.375 e. The molecule has 0 atom stereocenters. The molecule has 0 bridgehead atoms. The molecule has 4 nitrogen and oxygen atoms in total. The van der Waals surface area contributed by atoms with E-state index >= 15 is 0 Å². The van der Waals surface area contributed by atoms with Crippen LogP contribution in [0.4, 0.5) is 0 Å². The summed E-state index contributed by atoms with van der Waals surface area (Å²) in [5, 5.41) is 0. The van der Waals surface area contributed by atoms with Crippen LogP contribution < -0.4 is 0 Å². The predicted molar refractivity (Wildman–Crippen MR) is 40.2 cm³/mol. The maximum absolute atomic E-state index is 10.6. The molecule has 66 valence electrons. The van der Waals surface area contributed by atoms with E-state index in [2.05, 4.69) is 0 Å². The zero-order valence-electron chi connectivity index (χ0n) is 6.04. The van der Waals surface area contributed by atoms with Crippen LogP contribution in [-0.2, 0) is 18.5 Å². The molecule has 0 saturated carbocycles. The summed E-state index contributed by atoms with van der Waals surface area (Å²) in [4.78, 5) is 0. The van der Waals surface area contributed by atoms with Crippen molar-refractivity contribution in [1.82, 2.24) is 0 Å². The Morgan fingerprint density at radius 3 is 2.27 bits per heavy atom. The molecule has 0 N–H and O–H groups in total. The molecule has 1 aliphatic heterocycles. The van der Waals surface area contributed by atoms with Crippen LogP contribution in [0.1, 0.15) is 0 Å². The number of hydrogen-bond donors (Lipinski definition) is 0. The van der Waals surface area contributed by atoms with Gasteiger partial charge in [-0.05, 0) is 0 Å². The minimum atomic E-state index is -3.49.